The zero-order valence-electron chi connectivity index (χ0n) is 31.2. The van der Waals surface area contributed by atoms with Crippen molar-refractivity contribution in [2.24, 2.45) is 0 Å². The fourth-order valence-electron chi connectivity index (χ4n) is 9.71. The maximum Gasteiger partial charge on any atom is 0.235 e. The van der Waals surface area contributed by atoms with Crippen LogP contribution in [0.3, 0.4) is 0 Å². The molecule has 262 valence electrons. The van der Waals surface area contributed by atoms with Gasteiger partial charge in [-0.3, -0.25) is 4.57 Å². The van der Waals surface area contributed by atoms with E-state index in [2.05, 4.69) is 189 Å². The van der Waals surface area contributed by atoms with Crippen molar-refractivity contribution in [3.8, 4) is 61.8 Å². The topological polar surface area (TPSA) is 30.7 Å². The van der Waals surface area contributed by atoms with Crippen molar-refractivity contribution in [2.75, 3.05) is 0 Å². The Labute approximate surface area is 321 Å². The van der Waals surface area contributed by atoms with Crippen molar-refractivity contribution in [1.82, 2.24) is 14.5 Å². The highest BCUT2D eigenvalue weighted by atomic mass is 15.2. The third kappa shape index (κ3) is 4.69. The lowest BCUT2D eigenvalue weighted by molar-refractivity contribution is 0.660. The number of hydrogen-bond donors (Lipinski definition) is 0. The van der Waals surface area contributed by atoms with Crippen molar-refractivity contribution in [3.05, 3.63) is 186 Å². The summed E-state index contributed by atoms with van der Waals surface area (Å²) in [6.45, 7) is 7.06. The quantitative estimate of drug-likeness (QED) is 0.182. The van der Waals surface area contributed by atoms with E-state index in [0.29, 0.717) is 11.9 Å². The lowest BCUT2D eigenvalue weighted by atomic mass is 9.82. The van der Waals surface area contributed by atoms with Crippen LogP contribution in [0.25, 0.3) is 83.6 Å². The molecule has 11 rings (SSSR count). The molecule has 0 N–H and O–H groups in total. The molecule has 0 bridgehead atoms. The minimum Gasteiger partial charge on any atom is -0.277 e. The molecule has 9 aromatic rings. The number of nitrogens with zero attached hydrogens (tertiary/aromatic N) is 3. The van der Waals surface area contributed by atoms with Gasteiger partial charge in [-0.2, -0.15) is 0 Å². The normalized spacial score (nSPS) is 15.1. The SMILES string of the molecule is CC1Cc2c(n(-c3nc(-c4ccccc4)c4ccccc4n3)c3c(-c4cccc(-c5cccc6c5-c5ccccc5C6(C)C)c4)cccc23)-c2ccccc21. The Kier molecular flexibility index (Phi) is 6.94. The maximum absolute atomic E-state index is 5.49. The third-order valence-corrected chi connectivity index (χ3v) is 12.3. The van der Waals surface area contributed by atoms with Crippen molar-refractivity contribution < 1.29 is 0 Å². The first-order valence-electron chi connectivity index (χ1n) is 19.4. The summed E-state index contributed by atoms with van der Waals surface area (Å²) in [7, 11) is 0. The van der Waals surface area contributed by atoms with E-state index < -0.39 is 0 Å². The van der Waals surface area contributed by atoms with E-state index in [0.717, 1.165) is 34.1 Å². The molecule has 7 aromatic carbocycles. The van der Waals surface area contributed by atoms with Gasteiger partial charge in [0.05, 0.1) is 22.4 Å². The molecule has 2 aliphatic carbocycles. The van der Waals surface area contributed by atoms with Crippen LogP contribution in [0.2, 0.25) is 0 Å². The summed E-state index contributed by atoms with van der Waals surface area (Å²) in [4.78, 5) is 10.9. The van der Waals surface area contributed by atoms with Gasteiger partial charge >= 0.3 is 0 Å². The summed E-state index contributed by atoms with van der Waals surface area (Å²) in [5, 5.41) is 2.30. The molecular formula is C52H39N3. The fourth-order valence-corrected chi connectivity index (χ4v) is 9.71. The second-order valence-electron chi connectivity index (χ2n) is 15.8. The summed E-state index contributed by atoms with van der Waals surface area (Å²) in [6.07, 6.45) is 0.948. The number of benzene rings is 7. The number of aromatic nitrogens is 3. The average Bonchev–Trinajstić information content (AvgIpc) is 3.69. The second-order valence-corrected chi connectivity index (χ2v) is 15.8. The van der Waals surface area contributed by atoms with E-state index in [1.54, 1.807) is 0 Å². The highest BCUT2D eigenvalue weighted by molar-refractivity contribution is 6.04. The predicted molar refractivity (Wildman–Crippen MR) is 228 cm³/mol. The Balaban J connectivity index is 1.20. The Bertz CT molecular complexity index is 3000. The monoisotopic (exact) mass is 705 g/mol. The van der Waals surface area contributed by atoms with Crippen molar-refractivity contribution in [3.63, 3.8) is 0 Å². The molecule has 55 heavy (non-hydrogen) atoms. The second kappa shape index (κ2) is 12.0. The molecule has 3 heteroatoms. The van der Waals surface area contributed by atoms with Crippen molar-refractivity contribution >= 4 is 21.8 Å². The van der Waals surface area contributed by atoms with E-state index in [1.807, 2.05) is 0 Å². The van der Waals surface area contributed by atoms with Gasteiger partial charge in [0, 0.05) is 32.9 Å². The molecule has 0 amide bonds. The first kappa shape index (κ1) is 31.9. The molecule has 2 aromatic heterocycles. The molecule has 3 nitrogen and oxygen atoms in total. The Hall–Kier alpha value is -6.58. The van der Waals surface area contributed by atoms with Crippen LogP contribution in [0.1, 0.15) is 48.9 Å². The van der Waals surface area contributed by atoms with E-state index >= 15 is 0 Å². The Morgan fingerprint density at radius 3 is 2.04 bits per heavy atom. The number of hydrogen-bond acceptors (Lipinski definition) is 2. The molecule has 0 spiro atoms. The molecule has 1 unspecified atom stereocenters. The zero-order chi connectivity index (χ0) is 36.8. The highest BCUT2D eigenvalue weighted by Crippen LogP contribution is 2.53. The van der Waals surface area contributed by atoms with Crippen LogP contribution in [0.5, 0.6) is 0 Å². The Morgan fingerprint density at radius 2 is 1.16 bits per heavy atom. The lowest BCUT2D eigenvalue weighted by Crippen LogP contribution is -2.14. The summed E-state index contributed by atoms with van der Waals surface area (Å²) in [6, 6.07) is 59.6. The van der Waals surface area contributed by atoms with Gasteiger partial charge in [-0.25, -0.2) is 9.97 Å². The number of rotatable bonds is 4. The fraction of sp³-hybridized carbons (Fsp3) is 0.115. The van der Waals surface area contributed by atoms with Crippen LogP contribution in [-0.4, -0.2) is 14.5 Å². The standard InChI is InChI=1S/C52H39N3/c1-32-30-43-40-26-14-25-38(35-19-13-18-34(31-35)37-24-15-28-45-47(37)41-22-9-11-27-44(41)52(45,2)3)49(40)55(50(43)39-21-8-7-20-36(32)39)51-53-46-29-12-10-23-42(46)48(54-51)33-16-5-4-6-17-33/h4-29,31-32H,30H2,1-3H3. The molecule has 2 heterocycles. The van der Waals surface area contributed by atoms with Gasteiger partial charge in [0.1, 0.15) is 0 Å². The molecule has 0 saturated heterocycles. The van der Waals surface area contributed by atoms with Crippen molar-refractivity contribution in [1.29, 1.82) is 0 Å². The summed E-state index contributed by atoms with van der Waals surface area (Å²) < 4.78 is 2.38. The van der Waals surface area contributed by atoms with Gasteiger partial charge in [0.25, 0.3) is 0 Å². The molecule has 2 aliphatic rings. The third-order valence-electron chi connectivity index (χ3n) is 12.3. The summed E-state index contributed by atoms with van der Waals surface area (Å²) in [5.41, 5.74) is 19.5. The molecular weight excluding hydrogens is 667 g/mol. The molecule has 0 radical (unpaired) electrons. The molecule has 0 fully saturated rings. The average molecular weight is 706 g/mol. The first-order chi connectivity index (χ1) is 27.0. The largest absolute Gasteiger partial charge is 0.277 e. The smallest absolute Gasteiger partial charge is 0.235 e. The van der Waals surface area contributed by atoms with Gasteiger partial charge in [-0.15, -0.1) is 0 Å². The van der Waals surface area contributed by atoms with Crippen molar-refractivity contribution in [2.45, 2.75) is 38.5 Å². The maximum atomic E-state index is 5.49. The minimum absolute atomic E-state index is 0.0586. The minimum atomic E-state index is -0.0586. The summed E-state index contributed by atoms with van der Waals surface area (Å²) >= 11 is 0. The zero-order valence-corrected chi connectivity index (χ0v) is 31.2. The van der Waals surface area contributed by atoms with Crippen LogP contribution < -0.4 is 0 Å². The van der Waals surface area contributed by atoms with E-state index in [1.165, 1.54) is 72.3 Å². The molecule has 1 atom stereocenters. The molecule has 0 aliphatic heterocycles. The van der Waals surface area contributed by atoms with Crippen LogP contribution in [-0.2, 0) is 11.8 Å². The molecule has 0 saturated carbocycles. The van der Waals surface area contributed by atoms with Gasteiger partial charge in [-0.1, -0.05) is 172 Å². The highest BCUT2D eigenvalue weighted by Gasteiger charge is 2.37. The first-order valence-corrected chi connectivity index (χ1v) is 19.4. The lowest BCUT2D eigenvalue weighted by Gasteiger charge is -2.24. The number of fused-ring (bicyclic) bond motifs is 9. The van der Waals surface area contributed by atoms with E-state index in [-0.39, 0.29) is 5.41 Å². The van der Waals surface area contributed by atoms with Crippen LogP contribution in [0.15, 0.2) is 164 Å². The van der Waals surface area contributed by atoms with Gasteiger partial charge < -0.3 is 0 Å². The Morgan fingerprint density at radius 1 is 0.545 bits per heavy atom. The number of para-hydroxylation sites is 2. The van der Waals surface area contributed by atoms with Gasteiger partial charge in [-0.05, 0) is 74.5 Å². The van der Waals surface area contributed by atoms with E-state index in [4.69, 9.17) is 9.97 Å². The van der Waals surface area contributed by atoms with Crippen LogP contribution >= 0.6 is 0 Å². The van der Waals surface area contributed by atoms with E-state index in [9.17, 15) is 0 Å². The van der Waals surface area contributed by atoms with Gasteiger partial charge in [0.2, 0.25) is 5.95 Å². The summed E-state index contributed by atoms with van der Waals surface area (Å²) in [5.74, 6) is 1.08. The van der Waals surface area contributed by atoms with Gasteiger partial charge in [0.15, 0.2) is 0 Å². The van der Waals surface area contributed by atoms with Crippen LogP contribution in [0.4, 0.5) is 0 Å². The van der Waals surface area contributed by atoms with Crippen LogP contribution in [0, 0.1) is 0 Å². The predicted octanol–water partition coefficient (Wildman–Crippen LogP) is 13.2.